The van der Waals surface area contributed by atoms with Crippen LogP contribution >= 0.6 is 15.9 Å². The Morgan fingerprint density at radius 2 is 2.45 bits per heavy atom. The fraction of sp³-hybridized carbons (Fsp3) is 0.143. The number of aromatic nitrogens is 1. The molecule has 0 fully saturated rings. The highest BCUT2D eigenvalue weighted by atomic mass is 79.9. The fourth-order valence-corrected chi connectivity index (χ4v) is 1.05. The first-order chi connectivity index (χ1) is 5.24. The third kappa shape index (κ3) is 1.99. The Kier molecular flexibility index (Phi) is 2.55. The lowest BCUT2D eigenvalue weighted by molar-refractivity contribution is 0.570. The number of hydrogen-bond donors (Lipinski definition) is 0. The van der Waals surface area contributed by atoms with Gasteiger partial charge in [0.25, 0.3) is 0 Å². The van der Waals surface area contributed by atoms with E-state index in [9.17, 15) is 4.39 Å². The van der Waals surface area contributed by atoms with E-state index in [1.165, 1.54) is 6.20 Å². The van der Waals surface area contributed by atoms with Crippen LogP contribution < -0.4 is 0 Å². The van der Waals surface area contributed by atoms with E-state index in [-0.39, 0.29) is 6.42 Å². The second-order valence-electron chi connectivity index (χ2n) is 1.94. The Morgan fingerprint density at radius 1 is 1.73 bits per heavy atom. The van der Waals surface area contributed by atoms with Crippen LogP contribution in [0, 0.1) is 17.3 Å². The van der Waals surface area contributed by atoms with Crippen molar-refractivity contribution in [3.63, 3.8) is 0 Å². The largest absolute Gasteiger partial charge is 0.227 e. The second-order valence-corrected chi connectivity index (χ2v) is 2.85. The van der Waals surface area contributed by atoms with Gasteiger partial charge in [-0.1, -0.05) is 0 Å². The van der Waals surface area contributed by atoms with E-state index in [1.807, 2.05) is 6.07 Å². The molecule has 1 rings (SSSR count). The molecule has 0 atom stereocenters. The first-order valence-corrected chi connectivity index (χ1v) is 3.70. The van der Waals surface area contributed by atoms with E-state index >= 15 is 0 Å². The van der Waals surface area contributed by atoms with E-state index in [0.29, 0.717) is 10.0 Å². The Bertz CT molecular complexity index is 306. The molecule has 1 aromatic heterocycles. The van der Waals surface area contributed by atoms with Crippen molar-refractivity contribution in [1.29, 1.82) is 5.26 Å². The Balaban J connectivity index is 3.05. The van der Waals surface area contributed by atoms with Gasteiger partial charge in [-0.3, -0.25) is 0 Å². The van der Waals surface area contributed by atoms with Gasteiger partial charge in [-0.05, 0) is 22.0 Å². The molecule has 1 heterocycles. The van der Waals surface area contributed by atoms with Crippen molar-refractivity contribution >= 4 is 15.9 Å². The van der Waals surface area contributed by atoms with Gasteiger partial charge < -0.3 is 0 Å². The third-order valence-electron chi connectivity index (χ3n) is 1.15. The van der Waals surface area contributed by atoms with Crippen LogP contribution in [-0.2, 0) is 6.42 Å². The van der Waals surface area contributed by atoms with Gasteiger partial charge in [-0.25, -0.2) is 4.98 Å². The zero-order valence-corrected chi connectivity index (χ0v) is 7.10. The summed E-state index contributed by atoms with van der Waals surface area (Å²) in [4.78, 5) is 3.43. The van der Waals surface area contributed by atoms with Crippen LogP contribution in [0.1, 0.15) is 5.56 Å². The van der Waals surface area contributed by atoms with E-state index in [2.05, 4.69) is 20.9 Å². The molecule has 0 unspecified atom stereocenters. The minimum absolute atomic E-state index is 0.0538. The summed E-state index contributed by atoms with van der Waals surface area (Å²) in [6.07, 6.45) is 1.41. The second kappa shape index (κ2) is 3.44. The fourth-order valence-electron chi connectivity index (χ4n) is 0.674. The lowest BCUT2D eigenvalue weighted by Gasteiger charge is -1.95. The normalized spacial score (nSPS) is 9.18. The Morgan fingerprint density at radius 3 is 3.09 bits per heavy atom. The molecule has 0 bridgehead atoms. The Labute approximate surface area is 71.8 Å². The minimum atomic E-state index is -0.574. The van der Waals surface area contributed by atoms with Crippen LogP contribution in [0.3, 0.4) is 0 Å². The van der Waals surface area contributed by atoms with Gasteiger partial charge >= 0.3 is 0 Å². The number of nitrogens with zero attached hydrogens (tertiary/aromatic N) is 2. The van der Waals surface area contributed by atoms with Crippen molar-refractivity contribution in [3.8, 4) is 6.07 Å². The van der Waals surface area contributed by atoms with E-state index in [0.717, 1.165) is 0 Å². The number of pyridine rings is 1. The molecule has 0 aliphatic rings. The van der Waals surface area contributed by atoms with Crippen molar-refractivity contribution in [3.05, 3.63) is 28.2 Å². The summed E-state index contributed by atoms with van der Waals surface area (Å²) in [5, 5.41) is 8.28. The smallest absolute Gasteiger partial charge is 0.217 e. The molecule has 0 radical (unpaired) electrons. The maximum Gasteiger partial charge on any atom is 0.217 e. The molecule has 11 heavy (non-hydrogen) atoms. The Hall–Kier alpha value is -0.950. The highest BCUT2D eigenvalue weighted by Crippen LogP contribution is 2.12. The topological polar surface area (TPSA) is 36.7 Å². The number of hydrogen-bond acceptors (Lipinski definition) is 2. The molecule has 0 N–H and O–H groups in total. The maximum atomic E-state index is 12.7. The molecule has 2 nitrogen and oxygen atoms in total. The number of nitriles is 1. The zero-order valence-electron chi connectivity index (χ0n) is 5.51. The highest BCUT2D eigenvalue weighted by Gasteiger charge is 2.02. The van der Waals surface area contributed by atoms with E-state index < -0.39 is 5.95 Å². The maximum absolute atomic E-state index is 12.7. The summed E-state index contributed by atoms with van der Waals surface area (Å²) in [7, 11) is 0. The molecule has 0 aliphatic carbocycles. The monoisotopic (exact) mass is 214 g/mol. The zero-order chi connectivity index (χ0) is 8.27. The number of halogens is 2. The molecular weight excluding hydrogens is 211 g/mol. The predicted molar refractivity (Wildman–Crippen MR) is 41.2 cm³/mol. The van der Waals surface area contributed by atoms with Crippen molar-refractivity contribution in [2.24, 2.45) is 0 Å². The van der Waals surface area contributed by atoms with Crippen molar-refractivity contribution in [2.45, 2.75) is 6.42 Å². The van der Waals surface area contributed by atoms with Gasteiger partial charge in [0.15, 0.2) is 0 Å². The molecule has 56 valence electrons. The lowest BCUT2D eigenvalue weighted by Crippen LogP contribution is -1.91. The van der Waals surface area contributed by atoms with Gasteiger partial charge in [0.1, 0.15) is 0 Å². The molecular formula is C7H4BrFN2. The van der Waals surface area contributed by atoms with Crippen LogP contribution in [0.5, 0.6) is 0 Å². The van der Waals surface area contributed by atoms with Crippen LogP contribution in [0.2, 0.25) is 0 Å². The minimum Gasteiger partial charge on any atom is -0.227 e. The van der Waals surface area contributed by atoms with Gasteiger partial charge in [0.2, 0.25) is 5.95 Å². The third-order valence-corrected chi connectivity index (χ3v) is 1.58. The summed E-state index contributed by atoms with van der Waals surface area (Å²) >= 11 is 3.13. The average Bonchev–Trinajstić information content (AvgIpc) is 1.98. The molecule has 0 aliphatic heterocycles. The van der Waals surface area contributed by atoms with Gasteiger partial charge in [0, 0.05) is 16.2 Å². The molecule has 0 amide bonds. The summed E-state index contributed by atoms with van der Waals surface area (Å²) < 4.78 is 13.4. The lowest BCUT2D eigenvalue weighted by atomic mass is 10.2. The van der Waals surface area contributed by atoms with Gasteiger partial charge in [-0.2, -0.15) is 9.65 Å². The first-order valence-electron chi connectivity index (χ1n) is 2.91. The summed E-state index contributed by atoms with van der Waals surface area (Å²) in [5.41, 5.74) is 0.321. The van der Waals surface area contributed by atoms with Gasteiger partial charge in [0.05, 0.1) is 12.5 Å². The SMILES string of the molecule is N#CCc1cc(Br)cnc1F. The van der Waals surface area contributed by atoms with Crippen LogP contribution in [0.25, 0.3) is 0 Å². The van der Waals surface area contributed by atoms with E-state index in [4.69, 9.17) is 5.26 Å². The molecule has 0 aromatic carbocycles. The van der Waals surface area contributed by atoms with Crippen molar-refractivity contribution < 1.29 is 4.39 Å². The molecule has 0 saturated heterocycles. The summed E-state index contributed by atoms with van der Waals surface area (Å²) in [6.45, 7) is 0. The average molecular weight is 215 g/mol. The van der Waals surface area contributed by atoms with Crippen LogP contribution in [-0.4, -0.2) is 4.98 Å². The standard InChI is InChI=1S/C7H4BrFN2/c8-6-3-5(1-2-10)7(9)11-4-6/h3-4H,1H2. The van der Waals surface area contributed by atoms with Crippen LogP contribution in [0.4, 0.5) is 4.39 Å². The number of rotatable bonds is 1. The van der Waals surface area contributed by atoms with Gasteiger partial charge in [-0.15, -0.1) is 0 Å². The molecule has 0 spiro atoms. The first kappa shape index (κ1) is 8.15. The van der Waals surface area contributed by atoms with E-state index in [1.54, 1.807) is 6.07 Å². The summed E-state index contributed by atoms with van der Waals surface area (Å²) in [6, 6.07) is 3.40. The molecule has 4 heteroatoms. The summed E-state index contributed by atoms with van der Waals surface area (Å²) in [5.74, 6) is -0.574. The quantitative estimate of drug-likeness (QED) is 0.672. The van der Waals surface area contributed by atoms with Crippen molar-refractivity contribution in [2.75, 3.05) is 0 Å². The highest BCUT2D eigenvalue weighted by molar-refractivity contribution is 9.10. The predicted octanol–water partition coefficient (Wildman–Crippen LogP) is 2.05. The molecule has 0 saturated carbocycles. The van der Waals surface area contributed by atoms with Crippen LogP contribution in [0.15, 0.2) is 16.7 Å². The molecule has 1 aromatic rings. The van der Waals surface area contributed by atoms with Crippen molar-refractivity contribution in [1.82, 2.24) is 4.98 Å².